The van der Waals surface area contributed by atoms with Crippen LogP contribution >= 0.6 is 0 Å². The van der Waals surface area contributed by atoms with Gasteiger partial charge in [0.25, 0.3) is 0 Å². The van der Waals surface area contributed by atoms with Crippen molar-refractivity contribution in [3.8, 4) is 16.9 Å². The summed E-state index contributed by atoms with van der Waals surface area (Å²) in [5.74, 6) is -2.10. The average molecular weight is 515 g/mol. The standard InChI is InChI=1S/C26H24F3N3O5/c1-3-18-9-8-17(14-30-18)15-6-5-7-16(10-15)22(33)13-24(34)31-20-11-19(26(27,28)29)23(37-4-2)12-21(20)32-25(35)36/h5-12,14,32H,3-4,13H2,1-2H3,(H,31,34)(H,35,36). The monoisotopic (exact) mass is 515 g/mol. The van der Waals surface area contributed by atoms with Gasteiger partial charge < -0.3 is 15.2 Å². The van der Waals surface area contributed by atoms with Crippen molar-refractivity contribution in [2.45, 2.75) is 32.9 Å². The second kappa shape index (κ2) is 11.5. The second-order valence-corrected chi connectivity index (χ2v) is 7.88. The van der Waals surface area contributed by atoms with Crippen molar-refractivity contribution in [2.24, 2.45) is 0 Å². The van der Waals surface area contributed by atoms with Crippen molar-refractivity contribution in [1.82, 2.24) is 4.98 Å². The molecule has 0 saturated heterocycles. The number of ether oxygens (including phenoxy) is 1. The predicted molar refractivity (Wildman–Crippen MR) is 131 cm³/mol. The van der Waals surface area contributed by atoms with Gasteiger partial charge in [-0.3, -0.25) is 19.9 Å². The van der Waals surface area contributed by atoms with Gasteiger partial charge >= 0.3 is 12.3 Å². The SMILES string of the molecule is CCOc1cc(NC(=O)O)c(NC(=O)CC(=O)c2cccc(-c3ccc(CC)nc3)c2)cc1C(F)(F)F. The highest BCUT2D eigenvalue weighted by molar-refractivity contribution is 6.12. The van der Waals surface area contributed by atoms with E-state index in [4.69, 9.17) is 9.84 Å². The average Bonchev–Trinajstić information content (AvgIpc) is 2.84. The highest BCUT2D eigenvalue weighted by Gasteiger charge is 2.36. The number of rotatable bonds is 9. The molecule has 37 heavy (non-hydrogen) atoms. The molecule has 0 fully saturated rings. The van der Waals surface area contributed by atoms with Gasteiger partial charge in [-0.15, -0.1) is 0 Å². The Bertz CT molecular complexity index is 1310. The summed E-state index contributed by atoms with van der Waals surface area (Å²) >= 11 is 0. The fourth-order valence-corrected chi connectivity index (χ4v) is 3.52. The van der Waals surface area contributed by atoms with Crippen molar-refractivity contribution < 1.29 is 37.4 Å². The molecule has 3 N–H and O–H groups in total. The fraction of sp³-hybridized carbons (Fsp3) is 0.231. The number of carboxylic acid groups (broad SMARTS) is 1. The quantitative estimate of drug-likeness (QED) is 0.237. The first-order valence-electron chi connectivity index (χ1n) is 11.3. The predicted octanol–water partition coefficient (Wildman–Crippen LogP) is 6.03. The van der Waals surface area contributed by atoms with Crippen LogP contribution < -0.4 is 15.4 Å². The number of alkyl halides is 3. The molecule has 1 aromatic heterocycles. The maximum Gasteiger partial charge on any atom is 0.420 e. The van der Waals surface area contributed by atoms with E-state index in [1.807, 2.05) is 24.4 Å². The lowest BCUT2D eigenvalue weighted by atomic mass is 10.0. The number of carbonyl (C=O) groups excluding carboxylic acids is 2. The lowest BCUT2D eigenvalue weighted by Crippen LogP contribution is -2.20. The van der Waals surface area contributed by atoms with Gasteiger partial charge in [0.2, 0.25) is 5.91 Å². The maximum atomic E-state index is 13.5. The Kier molecular flexibility index (Phi) is 8.49. The number of anilines is 2. The minimum Gasteiger partial charge on any atom is -0.493 e. The number of aromatic nitrogens is 1. The van der Waals surface area contributed by atoms with Crippen molar-refractivity contribution >= 4 is 29.2 Å². The van der Waals surface area contributed by atoms with Crippen LogP contribution in [-0.4, -0.2) is 34.5 Å². The molecule has 2 amide bonds. The lowest BCUT2D eigenvalue weighted by Gasteiger charge is -2.18. The van der Waals surface area contributed by atoms with Crippen LogP contribution in [0.2, 0.25) is 0 Å². The Hall–Kier alpha value is -4.41. The van der Waals surface area contributed by atoms with E-state index in [0.717, 1.165) is 23.7 Å². The Morgan fingerprint density at radius 1 is 0.973 bits per heavy atom. The smallest absolute Gasteiger partial charge is 0.420 e. The molecule has 194 valence electrons. The number of hydrogen-bond acceptors (Lipinski definition) is 5. The molecule has 0 saturated carbocycles. The largest absolute Gasteiger partial charge is 0.493 e. The Balaban J connectivity index is 1.83. The molecule has 0 radical (unpaired) electrons. The summed E-state index contributed by atoms with van der Waals surface area (Å²) in [6.45, 7) is 3.34. The first-order valence-corrected chi connectivity index (χ1v) is 11.3. The van der Waals surface area contributed by atoms with E-state index in [2.05, 4.69) is 10.3 Å². The molecule has 0 unspecified atom stereocenters. The molecule has 1 heterocycles. The van der Waals surface area contributed by atoms with Crippen LogP contribution in [0.3, 0.4) is 0 Å². The Labute approximate surface area is 210 Å². The summed E-state index contributed by atoms with van der Waals surface area (Å²) in [6.07, 6.45) is -4.64. The molecule has 2 aromatic carbocycles. The Morgan fingerprint density at radius 2 is 1.70 bits per heavy atom. The number of pyridine rings is 1. The zero-order valence-electron chi connectivity index (χ0n) is 20.0. The van der Waals surface area contributed by atoms with E-state index in [9.17, 15) is 27.6 Å². The highest BCUT2D eigenvalue weighted by Crippen LogP contribution is 2.41. The number of amides is 2. The van der Waals surface area contributed by atoms with E-state index in [-0.39, 0.29) is 17.9 Å². The molecule has 0 spiro atoms. The summed E-state index contributed by atoms with van der Waals surface area (Å²) in [5, 5.41) is 13.2. The molecule has 0 atom stereocenters. The minimum atomic E-state index is -4.84. The summed E-state index contributed by atoms with van der Waals surface area (Å²) in [6, 6.07) is 11.7. The first kappa shape index (κ1) is 27.2. The van der Waals surface area contributed by atoms with Gasteiger partial charge in [-0.25, -0.2) is 4.79 Å². The normalized spacial score (nSPS) is 11.1. The number of aryl methyl sites for hydroxylation is 1. The van der Waals surface area contributed by atoms with E-state index < -0.39 is 47.4 Å². The summed E-state index contributed by atoms with van der Waals surface area (Å²) in [7, 11) is 0. The van der Waals surface area contributed by atoms with E-state index in [1.54, 1.807) is 24.4 Å². The van der Waals surface area contributed by atoms with Gasteiger partial charge in [0.05, 0.1) is 30.0 Å². The van der Waals surface area contributed by atoms with Crippen molar-refractivity contribution in [2.75, 3.05) is 17.2 Å². The van der Waals surface area contributed by atoms with Crippen molar-refractivity contribution in [3.63, 3.8) is 0 Å². The number of nitrogens with zero attached hydrogens (tertiary/aromatic N) is 1. The molecule has 8 nitrogen and oxygen atoms in total. The van der Waals surface area contributed by atoms with Gasteiger partial charge in [-0.05, 0) is 37.1 Å². The topological polar surface area (TPSA) is 118 Å². The second-order valence-electron chi connectivity index (χ2n) is 7.88. The third-order valence-corrected chi connectivity index (χ3v) is 5.27. The number of Topliss-reactive ketones (excluding diaryl/α,β-unsaturated/α-hetero) is 1. The summed E-state index contributed by atoms with van der Waals surface area (Å²) in [4.78, 5) is 40.9. The number of hydrogen-bond donors (Lipinski definition) is 3. The minimum absolute atomic E-state index is 0.103. The van der Waals surface area contributed by atoms with E-state index in [0.29, 0.717) is 11.6 Å². The third-order valence-electron chi connectivity index (χ3n) is 5.27. The number of benzene rings is 2. The van der Waals surface area contributed by atoms with Gasteiger partial charge in [-0.2, -0.15) is 13.2 Å². The van der Waals surface area contributed by atoms with Crippen molar-refractivity contribution in [1.29, 1.82) is 0 Å². The summed E-state index contributed by atoms with van der Waals surface area (Å²) in [5.41, 5.74) is 0.598. The van der Waals surface area contributed by atoms with Gasteiger partial charge in [0.15, 0.2) is 5.78 Å². The van der Waals surface area contributed by atoms with Crippen molar-refractivity contribution in [3.05, 3.63) is 71.5 Å². The lowest BCUT2D eigenvalue weighted by molar-refractivity contribution is -0.138. The molecule has 3 rings (SSSR count). The van der Waals surface area contributed by atoms with Crippen LogP contribution in [0.25, 0.3) is 11.1 Å². The third kappa shape index (κ3) is 7.06. The zero-order chi connectivity index (χ0) is 27.2. The first-order chi connectivity index (χ1) is 17.5. The Morgan fingerprint density at radius 3 is 2.30 bits per heavy atom. The number of halogens is 3. The number of carbonyl (C=O) groups is 3. The van der Waals surface area contributed by atoms with Crippen LogP contribution in [0.1, 0.15) is 41.9 Å². The molecule has 0 aliphatic carbocycles. The number of ketones is 1. The van der Waals surface area contributed by atoms with Gasteiger partial charge in [-0.1, -0.05) is 31.2 Å². The van der Waals surface area contributed by atoms with E-state index >= 15 is 0 Å². The van der Waals surface area contributed by atoms with Gasteiger partial charge in [0.1, 0.15) is 5.75 Å². The fourth-order valence-electron chi connectivity index (χ4n) is 3.52. The van der Waals surface area contributed by atoms with Crippen LogP contribution in [0.4, 0.5) is 29.3 Å². The molecule has 11 heteroatoms. The highest BCUT2D eigenvalue weighted by atomic mass is 19.4. The molecule has 0 aliphatic heterocycles. The molecule has 0 bridgehead atoms. The molecule has 3 aromatic rings. The maximum absolute atomic E-state index is 13.5. The van der Waals surface area contributed by atoms with Crippen LogP contribution in [0.5, 0.6) is 5.75 Å². The van der Waals surface area contributed by atoms with E-state index in [1.165, 1.54) is 13.0 Å². The van der Waals surface area contributed by atoms with Crippen LogP contribution in [0.15, 0.2) is 54.7 Å². The van der Waals surface area contributed by atoms with Gasteiger partial charge in [0, 0.05) is 29.1 Å². The van der Waals surface area contributed by atoms with Crippen LogP contribution in [-0.2, 0) is 17.4 Å². The summed E-state index contributed by atoms with van der Waals surface area (Å²) < 4.78 is 45.6. The zero-order valence-corrected chi connectivity index (χ0v) is 20.0. The van der Waals surface area contributed by atoms with Crippen LogP contribution in [0, 0.1) is 0 Å². The number of nitrogens with one attached hydrogen (secondary N) is 2. The molecule has 0 aliphatic rings. The molecular weight excluding hydrogens is 491 g/mol. The molecular formula is C26H24F3N3O5.